The van der Waals surface area contributed by atoms with Crippen LogP contribution in [-0.4, -0.2) is 86.0 Å². The fourth-order valence-electron chi connectivity index (χ4n) is 5.17. The number of nitrogens with zero attached hydrogens (tertiary/aromatic N) is 1. The van der Waals surface area contributed by atoms with Crippen molar-refractivity contribution >= 4 is 38.2 Å². The summed E-state index contributed by atoms with van der Waals surface area (Å²) in [7, 11) is -0.985. The Balaban J connectivity index is 3.25. The van der Waals surface area contributed by atoms with Gasteiger partial charge in [-0.05, 0) is 75.6 Å². The van der Waals surface area contributed by atoms with Crippen molar-refractivity contribution in [1.82, 2.24) is 15.5 Å². The third-order valence-corrected chi connectivity index (χ3v) is 13.9. The molecule has 0 radical (unpaired) electrons. The molecule has 53 heavy (non-hydrogen) atoms. The molecular formula is C40H69N3O9Si. The first-order chi connectivity index (χ1) is 24.2. The van der Waals surface area contributed by atoms with Crippen LogP contribution >= 0.6 is 0 Å². The van der Waals surface area contributed by atoms with Gasteiger partial charge in [0, 0.05) is 7.05 Å². The fraction of sp³-hybridized carbons (Fsp3) is 0.725. The first kappa shape index (κ1) is 47.6. The highest BCUT2D eigenvalue weighted by molar-refractivity contribution is 6.74. The van der Waals surface area contributed by atoms with Crippen LogP contribution in [0.1, 0.15) is 108 Å². The molecule has 1 aromatic rings. The number of rotatable bonds is 18. The minimum absolute atomic E-state index is 0.0109. The molecular weight excluding hydrogens is 695 g/mol. The number of hydrogen-bond donors (Lipinski definition) is 2. The second-order valence-corrected chi connectivity index (χ2v) is 22.4. The lowest BCUT2D eigenvalue weighted by atomic mass is 9.96. The summed E-state index contributed by atoms with van der Waals surface area (Å²) in [6, 6.07) is 6.71. The fourth-order valence-corrected chi connectivity index (χ4v) is 6.51. The summed E-state index contributed by atoms with van der Waals surface area (Å²) in [5.41, 5.74) is 0.0871. The van der Waals surface area contributed by atoms with Crippen LogP contribution in [0, 0.1) is 17.8 Å². The van der Waals surface area contributed by atoms with Crippen LogP contribution in [0.25, 0.3) is 0 Å². The standard InChI is InChI=1S/C40H69N3O9Si/c1-25(2)22-30(36(46)43(14)28(7)37(47)49-24-29-20-18-17-19-21-29)41-35(45)34(27(5)6)50-32(44)23-31(52-53(15,16)40(11,12)13)33(26(3)4)42-38(48)51-39(8,9)10/h17-21,25-28,30-31,33-34H,22-24H2,1-16H3,(H,41,45)(H,42,48)/t28-,30-,31+,33?,34-/m0/s1. The molecule has 0 aromatic heterocycles. The van der Waals surface area contributed by atoms with Gasteiger partial charge in [-0.1, -0.05) is 92.6 Å². The predicted octanol–water partition coefficient (Wildman–Crippen LogP) is 7.01. The number of ether oxygens (including phenoxy) is 3. The Morgan fingerprint density at radius 2 is 1.40 bits per heavy atom. The van der Waals surface area contributed by atoms with Gasteiger partial charge in [0.25, 0.3) is 5.91 Å². The first-order valence-corrected chi connectivity index (χ1v) is 21.7. The smallest absolute Gasteiger partial charge is 0.407 e. The minimum Gasteiger partial charge on any atom is -0.459 e. The molecule has 12 nitrogen and oxygen atoms in total. The molecule has 1 unspecified atom stereocenters. The number of hydrogen-bond acceptors (Lipinski definition) is 9. The van der Waals surface area contributed by atoms with Crippen molar-refractivity contribution < 1.29 is 42.6 Å². The van der Waals surface area contributed by atoms with E-state index in [0.717, 1.165) is 5.56 Å². The summed E-state index contributed by atoms with van der Waals surface area (Å²) < 4.78 is 23.6. The first-order valence-electron chi connectivity index (χ1n) is 18.8. The lowest BCUT2D eigenvalue weighted by molar-refractivity contribution is -0.161. The van der Waals surface area contributed by atoms with Crippen LogP contribution in [-0.2, 0) is 44.4 Å². The Morgan fingerprint density at radius 1 is 0.830 bits per heavy atom. The molecule has 0 heterocycles. The highest BCUT2D eigenvalue weighted by Crippen LogP contribution is 2.38. The van der Waals surface area contributed by atoms with E-state index in [2.05, 4.69) is 44.5 Å². The largest absolute Gasteiger partial charge is 0.459 e. The van der Waals surface area contributed by atoms with Crippen LogP contribution < -0.4 is 10.6 Å². The van der Waals surface area contributed by atoms with Gasteiger partial charge in [0.05, 0.1) is 18.6 Å². The summed E-state index contributed by atoms with van der Waals surface area (Å²) in [4.78, 5) is 68.4. The van der Waals surface area contributed by atoms with E-state index >= 15 is 0 Å². The van der Waals surface area contributed by atoms with Crippen molar-refractivity contribution in [3.05, 3.63) is 35.9 Å². The maximum Gasteiger partial charge on any atom is 0.407 e. The molecule has 0 bridgehead atoms. The van der Waals surface area contributed by atoms with Gasteiger partial charge >= 0.3 is 18.0 Å². The quantitative estimate of drug-likeness (QED) is 0.0915. The third kappa shape index (κ3) is 16.2. The van der Waals surface area contributed by atoms with E-state index in [-0.39, 0.29) is 36.3 Å². The van der Waals surface area contributed by atoms with Crippen molar-refractivity contribution in [3.63, 3.8) is 0 Å². The molecule has 0 saturated carbocycles. The van der Waals surface area contributed by atoms with Crippen molar-refractivity contribution in [3.8, 4) is 0 Å². The zero-order chi connectivity index (χ0) is 41.1. The van der Waals surface area contributed by atoms with E-state index in [1.807, 2.05) is 58.0 Å². The number of carbonyl (C=O) groups is 5. The number of alkyl carbamates (subject to hydrolysis) is 1. The number of esters is 2. The molecule has 0 aliphatic rings. The van der Waals surface area contributed by atoms with Gasteiger partial charge in [-0.25, -0.2) is 9.59 Å². The predicted molar refractivity (Wildman–Crippen MR) is 209 cm³/mol. The Labute approximate surface area is 319 Å². The van der Waals surface area contributed by atoms with Gasteiger partial charge in [-0.2, -0.15) is 0 Å². The molecule has 13 heteroatoms. The third-order valence-electron chi connectivity index (χ3n) is 9.36. The lowest BCUT2D eigenvalue weighted by Gasteiger charge is -2.42. The van der Waals surface area contributed by atoms with Gasteiger partial charge in [-0.15, -0.1) is 0 Å². The second-order valence-electron chi connectivity index (χ2n) is 17.6. The Bertz CT molecular complexity index is 1350. The summed E-state index contributed by atoms with van der Waals surface area (Å²) >= 11 is 0. The molecule has 1 rings (SSSR count). The van der Waals surface area contributed by atoms with Crippen LogP contribution in [0.15, 0.2) is 30.3 Å². The summed E-state index contributed by atoms with van der Waals surface area (Å²) in [5, 5.41) is 5.53. The molecule has 3 amide bonds. The number of nitrogens with one attached hydrogen (secondary N) is 2. The highest BCUT2D eigenvalue weighted by Gasteiger charge is 2.43. The van der Waals surface area contributed by atoms with Gasteiger partial charge < -0.3 is 34.2 Å². The molecule has 2 N–H and O–H groups in total. The molecule has 0 saturated heterocycles. The number of likely N-dealkylation sites (N-methyl/N-ethyl adjacent to an activating group) is 1. The van der Waals surface area contributed by atoms with Gasteiger partial charge in [-0.3, -0.25) is 14.4 Å². The average Bonchev–Trinajstić information content (AvgIpc) is 3.01. The number of benzene rings is 1. The van der Waals surface area contributed by atoms with Crippen LogP contribution in [0.5, 0.6) is 0 Å². The van der Waals surface area contributed by atoms with E-state index in [1.54, 1.807) is 41.5 Å². The monoisotopic (exact) mass is 763 g/mol. The molecule has 0 fully saturated rings. The van der Waals surface area contributed by atoms with Gasteiger partial charge in [0.1, 0.15) is 24.3 Å². The SMILES string of the molecule is CC(C)C[C@H](NC(=O)[C@@H](OC(=O)C[C@@H](O[Si](C)(C)C(C)(C)C)C(NC(=O)OC(C)(C)C)C(C)C)C(C)C)C(=O)N(C)[C@@H](C)C(=O)OCc1ccccc1. The van der Waals surface area contributed by atoms with Crippen molar-refractivity contribution in [1.29, 1.82) is 0 Å². The van der Waals surface area contributed by atoms with Crippen molar-refractivity contribution in [2.75, 3.05) is 7.05 Å². The van der Waals surface area contributed by atoms with Gasteiger partial charge in [0.15, 0.2) is 14.4 Å². The van der Waals surface area contributed by atoms with Crippen LogP contribution in [0.2, 0.25) is 18.1 Å². The number of amides is 3. The normalized spacial score (nSPS) is 15.2. The summed E-state index contributed by atoms with van der Waals surface area (Å²) in [6.07, 6.45) is -2.58. The van der Waals surface area contributed by atoms with E-state index in [1.165, 1.54) is 11.9 Å². The number of carbonyl (C=O) groups excluding carboxylic acids is 5. The molecule has 0 spiro atoms. The minimum atomic E-state index is -2.48. The Kier molecular flexibility index (Phi) is 18.2. The zero-order valence-corrected chi connectivity index (χ0v) is 36.2. The lowest BCUT2D eigenvalue weighted by Crippen LogP contribution is -2.56. The summed E-state index contributed by atoms with van der Waals surface area (Å²) in [6.45, 7) is 28.5. The van der Waals surface area contributed by atoms with Crippen molar-refractivity contribution in [2.45, 2.75) is 164 Å². The maximum atomic E-state index is 13.8. The topological polar surface area (TPSA) is 150 Å². The molecule has 1 aromatic carbocycles. The Morgan fingerprint density at radius 3 is 1.87 bits per heavy atom. The van der Waals surface area contributed by atoms with Crippen LogP contribution in [0.3, 0.4) is 0 Å². The molecule has 0 aliphatic heterocycles. The second kappa shape index (κ2) is 20.3. The summed E-state index contributed by atoms with van der Waals surface area (Å²) in [5.74, 6) is -2.95. The van der Waals surface area contributed by atoms with Crippen LogP contribution in [0.4, 0.5) is 4.79 Å². The average molecular weight is 764 g/mol. The molecule has 5 atom stereocenters. The maximum absolute atomic E-state index is 13.8. The van der Waals surface area contributed by atoms with E-state index in [4.69, 9.17) is 18.6 Å². The van der Waals surface area contributed by atoms with E-state index < -0.39 is 80.0 Å². The van der Waals surface area contributed by atoms with E-state index in [0.29, 0.717) is 0 Å². The Hall–Kier alpha value is -3.45. The van der Waals surface area contributed by atoms with E-state index in [9.17, 15) is 24.0 Å². The highest BCUT2D eigenvalue weighted by atomic mass is 28.4. The zero-order valence-electron chi connectivity index (χ0n) is 35.2. The molecule has 0 aliphatic carbocycles. The van der Waals surface area contributed by atoms with Crippen molar-refractivity contribution in [2.24, 2.45) is 17.8 Å². The molecule has 302 valence electrons. The van der Waals surface area contributed by atoms with Gasteiger partial charge in [0.2, 0.25) is 5.91 Å².